The van der Waals surface area contributed by atoms with Gasteiger partial charge in [-0.1, -0.05) is 13.8 Å². The van der Waals surface area contributed by atoms with Crippen molar-refractivity contribution in [1.82, 2.24) is 15.1 Å². The van der Waals surface area contributed by atoms with Crippen molar-refractivity contribution in [2.45, 2.75) is 46.3 Å². The standard InChI is InChI=1S/C11H19N3O2/c1-7(2)12-6-10-9(11(15)16)5-13-14(10)8(3)4/h5,7-8,12H,6H2,1-4H3,(H,15,16). The van der Waals surface area contributed by atoms with Crippen LogP contribution in [0.4, 0.5) is 0 Å². The van der Waals surface area contributed by atoms with E-state index in [-0.39, 0.29) is 11.6 Å². The summed E-state index contributed by atoms with van der Waals surface area (Å²) >= 11 is 0. The minimum Gasteiger partial charge on any atom is -0.478 e. The first-order valence-corrected chi connectivity index (χ1v) is 5.46. The molecule has 0 fully saturated rings. The van der Waals surface area contributed by atoms with Gasteiger partial charge in [0.25, 0.3) is 0 Å². The van der Waals surface area contributed by atoms with E-state index in [4.69, 9.17) is 5.11 Å². The lowest BCUT2D eigenvalue weighted by Gasteiger charge is -2.14. The van der Waals surface area contributed by atoms with Gasteiger partial charge in [0.05, 0.1) is 11.9 Å². The van der Waals surface area contributed by atoms with Crippen molar-refractivity contribution >= 4 is 5.97 Å². The molecule has 1 heterocycles. The van der Waals surface area contributed by atoms with Crippen molar-refractivity contribution in [3.63, 3.8) is 0 Å². The summed E-state index contributed by atoms with van der Waals surface area (Å²) in [5, 5.41) is 16.4. The summed E-state index contributed by atoms with van der Waals surface area (Å²) in [4.78, 5) is 11.0. The highest BCUT2D eigenvalue weighted by molar-refractivity contribution is 5.88. The topological polar surface area (TPSA) is 67.2 Å². The first-order valence-electron chi connectivity index (χ1n) is 5.46. The van der Waals surface area contributed by atoms with Crippen molar-refractivity contribution in [1.29, 1.82) is 0 Å². The van der Waals surface area contributed by atoms with Gasteiger partial charge in [-0.15, -0.1) is 0 Å². The zero-order valence-electron chi connectivity index (χ0n) is 10.2. The summed E-state index contributed by atoms with van der Waals surface area (Å²) in [5.41, 5.74) is 1.01. The van der Waals surface area contributed by atoms with Crippen LogP contribution in [-0.4, -0.2) is 26.9 Å². The molecule has 5 heteroatoms. The average Bonchev–Trinajstić information content (AvgIpc) is 2.57. The second-order valence-electron chi connectivity index (χ2n) is 4.38. The number of carbonyl (C=O) groups is 1. The van der Waals surface area contributed by atoms with Crippen LogP contribution in [0, 0.1) is 0 Å². The van der Waals surface area contributed by atoms with Gasteiger partial charge in [-0.3, -0.25) is 4.68 Å². The van der Waals surface area contributed by atoms with Gasteiger partial charge in [0.1, 0.15) is 5.56 Å². The quantitative estimate of drug-likeness (QED) is 0.799. The fraction of sp³-hybridized carbons (Fsp3) is 0.636. The summed E-state index contributed by atoms with van der Waals surface area (Å²) in [6.45, 7) is 8.54. The zero-order valence-corrected chi connectivity index (χ0v) is 10.2. The lowest BCUT2D eigenvalue weighted by atomic mass is 10.2. The molecule has 0 radical (unpaired) electrons. The number of carboxylic acids is 1. The van der Waals surface area contributed by atoms with E-state index in [2.05, 4.69) is 10.4 Å². The van der Waals surface area contributed by atoms with Crippen molar-refractivity contribution in [2.75, 3.05) is 0 Å². The second kappa shape index (κ2) is 5.12. The van der Waals surface area contributed by atoms with E-state index in [0.717, 1.165) is 5.69 Å². The van der Waals surface area contributed by atoms with E-state index in [1.165, 1.54) is 6.20 Å². The van der Waals surface area contributed by atoms with Gasteiger partial charge in [-0.2, -0.15) is 5.10 Å². The monoisotopic (exact) mass is 225 g/mol. The van der Waals surface area contributed by atoms with Gasteiger partial charge in [0.2, 0.25) is 0 Å². The molecule has 0 aliphatic heterocycles. The molecule has 2 N–H and O–H groups in total. The minimum atomic E-state index is -0.924. The summed E-state index contributed by atoms with van der Waals surface area (Å²) in [5.74, 6) is -0.924. The number of rotatable bonds is 5. The van der Waals surface area contributed by atoms with Gasteiger partial charge in [-0.05, 0) is 13.8 Å². The Labute approximate surface area is 95.5 Å². The molecule has 0 saturated carbocycles. The Hall–Kier alpha value is -1.36. The molecule has 5 nitrogen and oxygen atoms in total. The molecule has 0 aromatic carbocycles. The highest BCUT2D eigenvalue weighted by atomic mass is 16.4. The Morgan fingerprint density at radius 3 is 2.56 bits per heavy atom. The van der Waals surface area contributed by atoms with Crippen molar-refractivity contribution in [3.8, 4) is 0 Å². The first-order chi connectivity index (χ1) is 7.43. The molecule has 1 aromatic heterocycles. The zero-order chi connectivity index (χ0) is 12.3. The lowest BCUT2D eigenvalue weighted by molar-refractivity contribution is 0.0695. The van der Waals surface area contributed by atoms with Gasteiger partial charge < -0.3 is 10.4 Å². The Morgan fingerprint density at radius 2 is 2.12 bits per heavy atom. The maximum Gasteiger partial charge on any atom is 0.339 e. The van der Waals surface area contributed by atoms with Gasteiger partial charge in [0, 0.05) is 18.6 Å². The van der Waals surface area contributed by atoms with Crippen molar-refractivity contribution in [3.05, 3.63) is 17.5 Å². The van der Waals surface area contributed by atoms with E-state index >= 15 is 0 Å². The minimum absolute atomic E-state index is 0.164. The number of nitrogens with one attached hydrogen (secondary N) is 1. The molecule has 0 aliphatic carbocycles. The molecule has 0 unspecified atom stereocenters. The van der Waals surface area contributed by atoms with E-state index in [0.29, 0.717) is 12.6 Å². The SMILES string of the molecule is CC(C)NCc1c(C(=O)O)cnn1C(C)C. The third kappa shape index (κ3) is 2.82. The Bertz CT molecular complexity index is 369. The summed E-state index contributed by atoms with van der Waals surface area (Å²) < 4.78 is 1.75. The predicted molar refractivity (Wildman–Crippen MR) is 61.5 cm³/mol. The number of hydrogen-bond acceptors (Lipinski definition) is 3. The molecule has 0 amide bonds. The molecule has 16 heavy (non-hydrogen) atoms. The third-order valence-corrected chi connectivity index (χ3v) is 2.30. The maximum atomic E-state index is 11.0. The molecular formula is C11H19N3O2. The van der Waals surface area contributed by atoms with Crippen LogP contribution in [0.15, 0.2) is 6.20 Å². The number of aromatic nitrogens is 2. The van der Waals surface area contributed by atoms with Crippen LogP contribution < -0.4 is 5.32 Å². The van der Waals surface area contributed by atoms with Crippen LogP contribution in [0.5, 0.6) is 0 Å². The van der Waals surface area contributed by atoms with Gasteiger partial charge in [0.15, 0.2) is 0 Å². The van der Waals surface area contributed by atoms with Crippen LogP contribution in [-0.2, 0) is 6.54 Å². The number of hydrogen-bond donors (Lipinski definition) is 2. The lowest BCUT2D eigenvalue weighted by Crippen LogP contribution is -2.25. The predicted octanol–water partition coefficient (Wildman–Crippen LogP) is 1.66. The van der Waals surface area contributed by atoms with Crippen molar-refractivity contribution in [2.24, 2.45) is 0 Å². The molecule has 90 valence electrons. The number of nitrogens with zero attached hydrogens (tertiary/aromatic N) is 2. The molecule has 0 atom stereocenters. The van der Waals surface area contributed by atoms with E-state index in [1.54, 1.807) is 4.68 Å². The van der Waals surface area contributed by atoms with Crippen LogP contribution in [0.3, 0.4) is 0 Å². The summed E-state index contributed by atoms with van der Waals surface area (Å²) in [6, 6.07) is 0.481. The van der Waals surface area contributed by atoms with Crippen LogP contribution >= 0.6 is 0 Å². The Kier molecular flexibility index (Phi) is 4.06. The fourth-order valence-electron chi connectivity index (χ4n) is 1.49. The van der Waals surface area contributed by atoms with E-state index in [1.807, 2.05) is 27.7 Å². The number of aromatic carboxylic acids is 1. The van der Waals surface area contributed by atoms with Crippen LogP contribution in [0.25, 0.3) is 0 Å². The molecule has 1 aromatic rings. The first kappa shape index (κ1) is 12.7. The van der Waals surface area contributed by atoms with Crippen LogP contribution in [0.2, 0.25) is 0 Å². The average molecular weight is 225 g/mol. The highest BCUT2D eigenvalue weighted by Gasteiger charge is 2.17. The van der Waals surface area contributed by atoms with E-state index < -0.39 is 5.97 Å². The van der Waals surface area contributed by atoms with Crippen molar-refractivity contribution < 1.29 is 9.90 Å². The highest BCUT2D eigenvalue weighted by Crippen LogP contribution is 2.14. The molecule has 1 rings (SSSR count). The van der Waals surface area contributed by atoms with Crippen LogP contribution in [0.1, 0.15) is 49.8 Å². The Morgan fingerprint density at radius 1 is 1.50 bits per heavy atom. The smallest absolute Gasteiger partial charge is 0.339 e. The number of carboxylic acid groups (broad SMARTS) is 1. The molecular weight excluding hydrogens is 206 g/mol. The van der Waals surface area contributed by atoms with E-state index in [9.17, 15) is 4.79 Å². The summed E-state index contributed by atoms with van der Waals surface area (Å²) in [6.07, 6.45) is 1.42. The second-order valence-corrected chi connectivity index (χ2v) is 4.38. The summed E-state index contributed by atoms with van der Waals surface area (Å²) in [7, 11) is 0. The Balaban J connectivity index is 2.99. The molecule has 0 bridgehead atoms. The normalized spacial score (nSPS) is 11.4. The van der Waals surface area contributed by atoms with Gasteiger partial charge in [-0.25, -0.2) is 4.79 Å². The fourth-order valence-corrected chi connectivity index (χ4v) is 1.49. The molecule has 0 aliphatic rings. The molecule has 0 spiro atoms. The maximum absolute atomic E-state index is 11.0. The third-order valence-electron chi connectivity index (χ3n) is 2.30. The molecule has 0 saturated heterocycles. The van der Waals surface area contributed by atoms with Gasteiger partial charge >= 0.3 is 5.97 Å². The largest absolute Gasteiger partial charge is 0.478 e.